The Bertz CT molecular complexity index is 450. The summed E-state index contributed by atoms with van der Waals surface area (Å²) in [5.74, 6) is -0.593. The lowest BCUT2D eigenvalue weighted by Crippen LogP contribution is -2.43. The number of hydrogen-bond acceptors (Lipinski definition) is 3. The fraction of sp³-hybridized carbons (Fsp3) is 0.385. The average Bonchev–Trinajstić information content (AvgIpc) is 2.24. The second kappa shape index (κ2) is 5.53. The number of hydrogen-bond donors (Lipinski definition) is 3. The molecule has 0 bridgehead atoms. The maximum atomic E-state index is 11.6. The van der Waals surface area contributed by atoms with Gasteiger partial charge >= 0.3 is 0 Å². The molecule has 2 amide bonds. The van der Waals surface area contributed by atoms with E-state index in [1.165, 1.54) is 0 Å². The second-order valence-corrected chi connectivity index (χ2v) is 5.10. The molecular weight excluding hydrogens is 230 g/mol. The Morgan fingerprint density at radius 3 is 2.50 bits per heavy atom. The maximum Gasteiger partial charge on any atom is 0.248 e. The normalized spacial score (nSPS) is 10.8. The van der Waals surface area contributed by atoms with Crippen LogP contribution in [-0.4, -0.2) is 23.9 Å². The first-order valence-electron chi connectivity index (χ1n) is 5.73. The molecule has 0 aliphatic carbocycles. The van der Waals surface area contributed by atoms with Crippen LogP contribution < -0.4 is 16.4 Å². The van der Waals surface area contributed by atoms with Gasteiger partial charge in [0.05, 0.1) is 6.54 Å². The lowest BCUT2D eigenvalue weighted by molar-refractivity contribution is -0.120. The van der Waals surface area contributed by atoms with E-state index in [1.54, 1.807) is 24.3 Å². The van der Waals surface area contributed by atoms with Gasteiger partial charge in [-0.25, -0.2) is 0 Å². The number of carbonyl (C=O) groups excluding carboxylic acids is 2. The van der Waals surface area contributed by atoms with Crippen molar-refractivity contribution in [2.24, 2.45) is 5.73 Å². The van der Waals surface area contributed by atoms with Crippen molar-refractivity contribution < 1.29 is 9.59 Å². The van der Waals surface area contributed by atoms with Gasteiger partial charge in [0.25, 0.3) is 0 Å². The summed E-state index contributed by atoms with van der Waals surface area (Å²) in [6.07, 6.45) is 0. The lowest BCUT2D eigenvalue weighted by atomic mass is 10.1. The Hall–Kier alpha value is -2.04. The highest BCUT2D eigenvalue weighted by molar-refractivity contribution is 5.93. The van der Waals surface area contributed by atoms with E-state index in [2.05, 4.69) is 10.6 Å². The van der Waals surface area contributed by atoms with Gasteiger partial charge in [0, 0.05) is 16.8 Å². The van der Waals surface area contributed by atoms with Crippen molar-refractivity contribution in [3.63, 3.8) is 0 Å². The van der Waals surface area contributed by atoms with E-state index in [9.17, 15) is 9.59 Å². The predicted octanol–water partition coefficient (Wildman–Crippen LogP) is 1.11. The quantitative estimate of drug-likeness (QED) is 0.747. The van der Waals surface area contributed by atoms with Gasteiger partial charge in [-0.05, 0) is 39.0 Å². The third-order valence-corrected chi connectivity index (χ3v) is 2.11. The molecule has 5 nitrogen and oxygen atoms in total. The van der Waals surface area contributed by atoms with Crippen LogP contribution in [0, 0.1) is 0 Å². The number of nitrogens with two attached hydrogens (primary N) is 1. The highest BCUT2D eigenvalue weighted by Crippen LogP contribution is 2.09. The molecule has 0 saturated carbocycles. The Morgan fingerprint density at radius 2 is 1.94 bits per heavy atom. The van der Waals surface area contributed by atoms with Crippen molar-refractivity contribution in [2.75, 3.05) is 11.9 Å². The van der Waals surface area contributed by atoms with E-state index in [1.807, 2.05) is 20.8 Å². The Kier molecular flexibility index (Phi) is 4.31. The van der Waals surface area contributed by atoms with Crippen LogP contribution in [0.15, 0.2) is 24.3 Å². The molecule has 0 spiro atoms. The zero-order valence-corrected chi connectivity index (χ0v) is 10.9. The molecule has 0 aliphatic heterocycles. The van der Waals surface area contributed by atoms with Crippen LogP contribution in [0.25, 0.3) is 0 Å². The van der Waals surface area contributed by atoms with E-state index in [0.717, 1.165) is 0 Å². The molecule has 0 radical (unpaired) electrons. The van der Waals surface area contributed by atoms with E-state index >= 15 is 0 Å². The molecule has 0 aliphatic rings. The number of nitrogens with one attached hydrogen (secondary N) is 2. The number of carbonyl (C=O) groups is 2. The molecule has 98 valence electrons. The van der Waals surface area contributed by atoms with Crippen LogP contribution in [0.1, 0.15) is 31.1 Å². The topological polar surface area (TPSA) is 84.2 Å². The minimum Gasteiger partial charge on any atom is -0.376 e. The van der Waals surface area contributed by atoms with Gasteiger partial charge in [-0.1, -0.05) is 6.07 Å². The highest BCUT2D eigenvalue weighted by atomic mass is 16.2. The SMILES string of the molecule is CC(C)(C)NC(=O)CNc1cccc(C(N)=O)c1. The molecular formula is C13H19N3O2. The number of benzene rings is 1. The van der Waals surface area contributed by atoms with Gasteiger partial charge in [0.15, 0.2) is 0 Å². The molecule has 0 heterocycles. The van der Waals surface area contributed by atoms with Crippen molar-refractivity contribution in [3.05, 3.63) is 29.8 Å². The lowest BCUT2D eigenvalue weighted by Gasteiger charge is -2.20. The first kappa shape index (κ1) is 14.0. The van der Waals surface area contributed by atoms with Crippen molar-refractivity contribution in [3.8, 4) is 0 Å². The largest absolute Gasteiger partial charge is 0.376 e. The van der Waals surface area contributed by atoms with Gasteiger partial charge in [0.2, 0.25) is 11.8 Å². The zero-order chi connectivity index (χ0) is 13.8. The van der Waals surface area contributed by atoms with Crippen LogP contribution >= 0.6 is 0 Å². The number of primary amides is 1. The fourth-order valence-electron chi connectivity index (χ4n) is 1.43. The zero-order valence-electron chi connectivity index (χ0n) is 10.9. The first-order chi connectivity index (χ1) is 8.28. The molecule has 1 aromatic carbocycles. The molecule has 0 atom stereocenters. The van der Waals surface area contributed by atoms with Crippen LogP contribution in [0.5, 0.6) is 0 Å². The van der Waals surface area contributed by atoms with Gasteiger partial charge in [-0.15, -0.1) is 0 Å². The van der Waals surface area contributed by atoms with Crippen molar-refractivity contribution in [1.29, 1.82) is 0 Å². The minimum atomic E-state index is -0.488. The standard InChI is InChI=1S/C13H19N3O2/c1-13(2,3)16-11(17)8-15-10-6-4-5-9(7-10)12(14)18/h4-7,15H,8H2,1-3H3,(H2,14,18)(H,16,17). The van der Waals surface area contributed by atoms with Crippen LogP contribution in [0.4, 0.5) is 5.69 Å². The molecule has 0 fully saturated rings. The Morgan fingerprint density at radius 1 is 1.28 bits per heavy atom. The Labute approximate surface area is 107 Å². The smallest absolute Gasteiger partial charge is 0.248 e. The number of anilines is 1. The van der Waals surface area contributed by atoms with Crippen molar-refractivity contribution >= 4 is 17.5 Å². The summed E-state index contributed by atoms with van der Waals surface area (Å²) in [6.45, 7) is 5.90. The molecule has 0 saturated heterocycles. The second-order valence-electron chi connectivity index (χ2n) is 5.10. The fourth-order valence-corrected chi connectivity index (χ4v) is 1.43. The summed E-state index contributed by atoms with van der Waals surface area (Å²) >= 11 is 0. The third kappa shape index (κ3) is 4.86. The Balaban J connectivity index is 2.56. The van der Waals surface area contributed by atoms with Gasteiger partial charge in [-0.2, -0.15) is 0 Å². The number of amides is 2. The summed E-state index contributed by atoms with van der Waals surface area (Å²) in [4.78, 5) is 22.6. The highest BCUT2D eigenvalue weighted by Gasteiger charge is 2.13. The summed E-state index contributed by atoms with van der Waals surface area (Å²) < 4.78 is 0. The first-order valence-corrected chi connectivity index (χ1v) is 5.73. The number of rotatable bonds is 4. The van der Waals surface area contributed by atoms with Crippen molar-refractivity contribution in [2.45, 2.75) is 26.3 Å². The minimum absolute atomic E-state index is 0.105. The monoisotopic (exact) mass is 249 g/mol. The molecule has 18 heavy (non-hydrogen) atoms. The summed E-state index contributed by atoms with van der Waals surface area (Å²) in [6, 6.07) is 6.73. The van der Waals surface area contributed by atoms with Crippen LogP contribution in [-0.2, 0) is 4.79 Å². The summed E-state index contributed by atoms with van der Waals surface area (Å²) in [5.41, 5.74) is 6.02. The maximum absolute atomic E-state index is 11.6. The molecule has 1 rings (SSSR count). The molecule has 0 aromatic heterocycles. The molecule has 5 heteroatoms. The van der Waals surface area contributed by atoms with Gasteiger partial charge in [-0.3, -0.25) is 9.59 Å². The summed E-state index contributed by atoms with van der Waals surface area (Å²) in [7, 11) is 0. The van der Waals surface area contributed by atoms with E-state index in [4.69, 9.17) is 5.73 Å². The van der Waals surface area contributed by atoms with Crippen LogP contribution in [0.2, 0.25) is 0 Å². The predicted molar refractivity (Wildman–Crippen MR) is 71.3 cm³/mol. The van der Waals surface area contributed by atoms with Crippen LogP contribution in [0.3, 0.4) is 0 Å². The van der Waals surface area contributed by atoms with Gasteiger partial charge < -0.3 is 16.4 Å². The third-order valence-electron chi connectivity index (χ3n) is 2.11. The molecule has 1 aromatic rings. The molecule has 0 unspecified atom stereocenters. The van der Waals surface area contributed by atoms with E-state index in [0.29, 0.717) is 11.3 Å². The van der Waals surface area contributed by atoms with E-state index in [-0.39, 0.29) is 18.0 Å². The average molecular weight is 249 g/mol. The van der Waals surface area contributed by atoms with E-state index < -0.39 is 5.91 Å². The molecule has 4 N–H and O–H groups in total. The summed E-state index contributed by atoms with van der Waals surface area (Å²) in [5, 5.41) is 5.78. The van der Waals surface area contributed by atoms with Crippen molar-refractivity contribution in [1.82, 2.24) is 5.32 Å². The van der Waals surface area contributed by atoms with Gasteiger partial charge in [0.1, 0.15) is 0 Å².